The van der Waals surface area contributed by atoms with Crippen LogP contribution in [0.25, 0.3) is 17.2 Å². The molecular formula is C20H20FN7O2. The molecule has 0 aliphatic heterocycles. The molecule has 154 valence electrons. The van der Waals surface area contributed by atoms with Crippen LogP contribution in [-0.2, 0) is 0 Å². The summed E-state index contributed by atoms with van der Waals surface area (Å²) in [5, 5.41) is 10.2. The molecule has 3 heterocycles. The van der Waals surface area contributed by atoms with Gasteiger partial charge in [0.1, 0.15) is 5.82 Å². The number of hydrogen-bond acceptors (Lipinski definition) is 7. The zero-order valence-corrected chi connectivity index (χ0v) is 16.9. The second-order valence-electron chi connectivity index (χ2n) is 7.12. The SMILES string of the molecule is Cc1nc(C)c(C(=O)Nc2ccc(F)c(-c3nc4ncc(NC(C)C)cn4n3)c2)o1. The number of amides is 1. The third-order valence-electron chi connectivity index (χ3n) is 4.22. The molecule has 1 amide bonds. The minimum absolute atomic E-state index is 0.110. The number of nitrogens with one attached hydrogen (secondary N) is 2. The van der Waals surface area contributed by atoms with E-state index < -0.39 is 11.7 Å². The van der Waals surface area contributed by atoms with E-state index >= 15 is 0 Å². The maximum absolute atomic E-state index is 14.5. The van der Waals surface area contributed by atoms with Gasteiger partial charge in [0, 0.05) is 18.7 Å². The number of halogens is 1. The maximum Gasteiger partial charge on any atom is 0.293 e. The Morgan fingerprint density at radius 2 is 2.00 bits per heavy atom. The number of fused-ring (bicyclic) bond motifs is 1. The van der Waals surface area contributed by atoms with Gasteiger partial charge in [-0.05, 0) is 39.0 Å². The van der Waals surface area contributed by atoms with E-state index in [0.717, 1.165) is 5.69 Å². The van der Waals surface area contributed by atoms with E-state index in [1.165, 1.54) is 22.7 Å². The Morgan fingerprint density at radius 3 is 2.70 bits per heavy atom. The summed E-state index contributed by atoms with van der Waals surface area (Å²) in [4.78, 5) is 25.1. The van der Waals surface area contributed by atoms with Gasteiger partial charge in [-0.15, -0.1) is 5.10 Å². The largest absolute Gasteiger partial charge is 0.436 e. The maximum atomic E-state index is 14.5. The van der Waals surface area contributed by atoms with E-state index in [1.54, 1.807) is 26.2 Å². The predicted octanol–water partition coefficient (Wildman–Crippen LogP) is 3.61. The summed E-state index contributed by atoms with van der Waals surface area (Å²) < 4.78 is 21.3. The molecule has 0 spiro atoms. The summed E-state index contributed by atoms with van der Waals surface area (Å²) in [6, 6.07) is 4.39. The highest BCUT2D eigenvalue weighted by molar-refractivity contribution is 6.03. The van der Waals surface area contributed by atoms with Crippen molar-refractivity contribution >= 4 is 23.1 Å². The molecule has 30 heavy (non-hydrogen) atoms. The standard InChI is InChI=1S/C20H20FN7O2/c1-10(2)23-14-8-22-20-26-18(27-28(20)9-14)15-7-13(5-6-16(15)21)25-19(29)17-11(3)24-12(4)30-17/h5-10,23H,1-4H3,(H,25,29). The van der Waals surface area contributed by atoms with E-state index in [2.05, 4.69) is 30.7 Å². The average molecular weight is 409 g/mol. The first-order valence-electron chi connectivity index (χ1n) is 9.34. The molecule has 10 heteroatoms. The minimum atomic E-state index is -0.517. The Hall–Kier alpha value is -3.82. The van der Waals surface area contributed by atoms with Gasteiger partial charge in [-0.3, -0.25) is 4.79 Å². The summed E-state index contributed by atoms with van der Waals surface area (Å²) in [7, 11) is 0. The van der Waals surface area contributed by atoms with Crippen LogP contribution in [0, 0.1) is 19.7 Å². The van der Waals surface area contributed by atoms with E-state index in [4.69, 9.17) is 4.42 Å². The molecule has 0 saturated heterocycles. The number of carbonyl (C=O) groups excluding carboxylic acids is 1. The number of nitrogens with zero attached hydrogens (tertiary/aromatic N) is 5. The molecule has 0 saturated carbocycles. The van der Waals surface area contributed by atoms with Gasteiger partial charge >= 0.3 is 0 Å². The van der Waals surface area contributed by atoms with Crippen LogP contribution in [0.3, 0.4) is 0 Å². The van der Waals surface area contributed by atoms with E-state index in [1.807, 2.05) is 13.8 Å². The number of aromatic nitrogens is 5. The number of anilines is 2. The van der Waals surface area contributed by atoms with Crippen molar-refractivity contribution in [2.24, 2.45) is 0 Å². The molecule has 2 N–H and O–H groups in total. The lowest BCUT2D eigenvalue weighted by molar-refractivity contribution is 0.0994. The molecule has 4 aromatic rings. The van der Waals surface area contributed by atoms with E-state index in [-0.39, 0.29) is 23.2 Å². The van der Waals surface area contributed by atoms with Crippen LogP contribution in [0.5, 0.6) is 0 Å². The van der Waals surface area contributed by atoms with Crippen molar-refractivity contribution in [1.82, 2.24) is 24.6 Å². The van der Waals surface area contributed by atoms with Crippen molar-refractivity contribution in [2.45, 2.75) is 33.7 Å². The van der Waals surface area contributed by atoms with Crippen molar-refractivity contribution in [3.63, 3.8) is 0 Å². The summed E-state index contributed by atoms with van der Waals surface area (Å²) in [6.07, 6.45) is 3.37. The van der Waals surface area contributed by atoms with Gasteiger partial charge in [-0.1, -0.05) is 0 Å². The van der Waals surface area contributed by atoms with Crippen molar-refractivity contribution in [1.29, 1.82) is 0 Å². The molecule has 1 aromatic carbocycles. The first kappa shape index (κ1) is 19.5. The normalized spacial score (nSPS) is 11.3. The number of aryl methyl sites for hydroxylation is 2. The number of rotatable bonds is 5. The van der Waals surface area contributed by atoms with Gasteiger partial charge in [0.2, 0.25) is 5.76 Å². The molecule has 9 nitrogen and oxygen atoms in total. The topological polar surface area (TPSA) is 110 Å². The molecule has 0 fully saturated rings. The molecule has 0 unspecified atom stereocenters. The summed E-state index contributed by atoms with van der Waals surface area (Å²) in [6.45, 7) is 7.35. The molecule has 0 aliphatic rings. The predicted molar refractivity (Wildman–Crippen MR) is 109 cm³/mol. The summed E-state index contributed by atoms with van der Waals surface area (Å²) >= 11 is 0. The van der Waals surface area contributed by atoms with Crippen LogP contribution in [0.2, 0.25) is 0 Å². The third kappa shape index (κ3) is 3.84. The second-order valence-corrected chi connectivity index (χ2v) is 7.12. The molecule has 0 aliphatic carbocycles. The molecule has 0 radical (unpaired) electrons. The van der Waals surface area contributed by atoms with Gasteiger partial charge < -0.3 is 15.1 Å². The fourth-order valence-electron chi connectivity index (χ4n) is 3.01. The first-order valence-corrected chi connectivity index (χ1v) is 9.34. The van der Waals surface area contributed by atoms with Crippen LogP contribution in [0.15, 0.2) is 35.0 Å². The minimum Gasteiger partial charge on any atom is -0.436 e. The lowest BCUT2D eigenvalue weighted by Crippen LogP contribution is -2.12. The van der Waals surface area contributed by atoms with E-state index in [0.29, 0.717) is 23.0 Å². The Labute approximate surface area is 171 Å². The van der Waals surface area contributed by atoms with Gasteiger partial charge in [-0.25, -0.2) is 18.9 Å². The monoisotopic (exact) mass is 409 g/mol. The molecule has 0 bridgehead atoms. The second kappa shape index (κ2) is 7.54. The number of carbonyl (C=O) groups is 1. The Kier molecular flexibility index (Phi) is 4.90. The number of benzene rings is 1. The average Bonchev–Trinajstić information content (AvgIpc) is 3.24. The smallest absolute Gasteiger partial charge is 0.293 e. The van der Waals surface area contributed by atoms with Crippen molar-refractivity contribution in [3.8, 4) is 11.4 Å². The quantitative estimate of drug-likeness (QED) is 0.518. The Balaban J connectivity index is 1.64. The molecule has 3 aromatic heterocycles. The summed E-state index contributed by atoms with van der Waals surface area (Å²) in [5.41, 5.74) is 1.76. The van der Waals surface area contributed by atoms with Crippen molar-refractivity contribution in [3.05, 3.63) is 53.8 Å². The van der Waals surface area contributed by atoms with Crippen LogP contribution >= 0.6 is 0 Å². The van der Waals surface area contributed by atoms with Crippen LogP contribution in [-0.4, -0.2) is 36.5 Å². The highest BCUT2D eigenvalue weighted by Gasteiger charge is 2.18. The molecule has 0 atom stereocenters. The lowest BCUT2D eigenvalue weighted by Gasteiger charge is -2.08. The number of hydrogen-bond donors (Lipinski definition) is 2. The van der Waals surface area contributed by atoms with Crippen molar-refractivity contribution in [2.75, 3.05) is 10.6 Å². The summed E-state index contributed by atoms with van der Waals surface area (Å²) in [5.74, 6) is 0.00462. The van der Waals surface area contributed by atoms with Crippen LogP contribution in [0.1, 0.15) is 36.0 Å². The van der Waals surface area contributed by atoms with Gasteiger partial charge in [0.25, 0.3) is 11.7 Å². The Bertz CT molecular complexity index is 1250. The highest BCUT2D eigenvalue weighted by atomic mass is 19.1. The fraction of sp³-hybridized carbons (Fsp3) is 0.250. The first-order chi connectivity index (χ1) is 14.3. The van der Waals surface area contributed by atoms with E-state index in [9.17, 15) is 9.18 Å². The number of oxazole rings is 1. The van der Waals surface area contributed by atoms with Crippen LogP contribution < -0.4 is 10.6 Å². The lowest BCUT2D eigenvalue weighted by atomic mass is 10.1. The van der Waals surface area contributed by atoms with Gasteiger partial charge in [0.05, 0.1) is 29.3 Å². The molecule has 4 rings (SSSR count). The third-order valence-corrected chi connectivity index (χ3v) is 4.22. The molecular weight excluding hydrogens is 389 g/mol. The van der Waals surface area contributed by atoms with Crippen molar-refractivity contribution < 1.29 is 13.6 Å². The zero-order chi connectivity index (χ0) is 21.4. The fourth-order valence-corrected chi connectivity index (χ4v) is 3.01. The van der Waals surface area contributed by atoms with Gasteiger partial charge in [0.15, 0.2) is 11.7 Å². The van der Waals surface area contributed by atoms with Gasteiger partial charge in [-0.2, -0.15) is 4.98 Å². The Morgan fingerprint density at radius 1 is 1.20 bits per heavy atom. The van der Waals surface area contributed by atoms with Crippen LogP contribution in [0.4, 0.5) is 15.8 Å². The highest BCUT2D eigenvalue weighted by Crippen LogP contribution is 2.25. The zero-order valence-electron chi connectivity index (χ0n) is 16.9.